The second kappa shape index (κ2) is 8.91. The molecule has 0 spiro atoms. The van der Waals surface area contributed by atoms with E-state index in [1.54, 1.807) is 0 Å². The number of likely N-dealkylation sites (tertiary alicyclic amines) is 1. The lowest BCUT2D eigenvalue weighted by Gasteiger charge is -2.23. The first-order valence-electron chi connectivity index (χ1n) is 9.44. The van der Waals surface area contributed by atoms with Crippen LogP contribution in [-0.2, 0) is 0 Å². The molecule has 32 heavy (non-hydrogen) atoms. The highest BCUT2D eigenvalue weighted by atomic mass is 32.1. The van der Waals surface area contributed by atoms with Crippen LogP contribution in [0.15, 0.2) is 36.4 Å². The molecule has 2 N–H and O–H groups in total. The van der Waals surface area contributed by atoms with E-state index in [2.05, 4.69) is 20.8 Å². The number of anilines is 2. The van der Waals surface area contributed by atoms with Crippen LogP contribution in [0.4, 0.5) is 33.7 Å². The van der Waals surface area contributed by atoms with Crippen LogP contribution in [-0.4, -0.2) is 33.6 Å². The van der Waals surface area contributed by atoms with E-state index in [-0.39, 0.29) is 16.4 Å². The monoisotopic (exact) mass is 465 g/mol. The van der Waals surface area contributed by atoms with E-state index < -0.39 is 41.2 Å². The maximum atomic E-state index is 13.9. The molecule has 0 aliphatic carbocycles. The van der Waals surface area contributed by atoms with Gasteiger partial charge in [0.2, 0.25) is 5.01 Å². The summed E-state index contributed by atoms with van der Waals surface area (Å²) in [5.41, 5.74) is -0.111. The summed E-state index contributed by atoms with van der Waals surface area (Å²) in [6, 6.07) is 4.67. The second-order valence-corrected chi connectivity index (χ2v) is 7.94. The Hall–Kier alpha value is -3.54. The molecule has 1 aromatic heterocycles. The van der Waals surface area contributed by atoms with Gasteiger partial charge in [-0.2, -0.15) is 0 Å². The van der Waals surface area contributed by atoms with E-state index in [1.165, 1.54) is 11.0 Å². The van der Waals surface area contributed by atoms with Crippen LogP contribution in [0, 0.1) is 23.3 Å². The predicted octanol–water partition coefficient (Wildman–Crippen LogP) is 4.72. The van der Waals surface area contributed by atoms with Crippen LogP contribution in [0.2, 0.25) is 0 Å². The molecular formula is C20H15F4N5O2S. The lowest BCUT2D eigenvalue weighted by Crippen LogP contribution is -2.34. The van der Waals surface area contributed by atoms with Crippen molar-refractivity contribution in [3.05, 3.63) is 69.7 Å². The number of nitrogens with zero attached hydrogens (tertiary/aromatic N) is 3. The van der Waals surface area contributed by atoms with Crippen molar-refractivity contribution >= 4 is 34.6 Å². The van der Waals surface area contributed by atoms with Crippen molar-refractivity contribution in [3.8, 4) is 0 Å². The standard InChI is InChI=1S/C20H15F4N5O2S/c21-10-3-6-15(14(24)8-10)26-20(31)29-7-1-2-16(29)18-27-28-19(32-18)17(30)25-11-4-5-12(22)13(23)9-11/h3-6,8-9,16H,1-2,7H2,(H,25,30)(H,26,31)/t16-/m0/s1. The van der Waals surface area contributed by atoms with Gasteiger partial charge in [0.1, 0.15) is 16.6 Å². The molecular weight excluding hydrogens is 450 g/mol. The zero-order valence-corrected chi connectivity index (χ0v) is 17.1. The number of amides is 3. The van der Waals surface area contributed by atoms with Gasteiger partial charge in [0, 0.05) is 24.4 Å². The summed E-state index contributed by atoms with van der Waals surface area (Å²) in [7, 11) is 0. The molecule has 0 saturated carbocycles. The third-order valence-electron chi connectivity index (χ3n) is 4.78. The van der Waals surface area contributed by atoms with E-state index in [9.17, 15) is 27.2 Å². The van der Waals surface area contributed by atoms with Gasteiger partial charge in [0.15, 0.2) is 11.6 Å². The Morgan fingerprint density at radius 3 is 2.53 bits per heavy atom. The molecule has 0 radical (unpaired) electrons. The van der Waals surface area contributed by atoms with Crippen molar-refractivity contribution in [1.82, 2.24) is 15.1 Å². The fourth-order valence-electron chi connectivity index (χ4n) is 3.26. The number of halogens is 4. The SMILES string of the molecule is O=C(Nc1ccc(F)c(F)c1)c1nnc([C@@H]2CCCN2C(=O)Nc2ccc(F)cc2F)s1. The van der Waals surface area contributed by atoms with E-state index >= 15 is 0 Å². The number of aromatic nitrogens is 2. The minimum Gasteiger partial charge on any atom is -0.320 e. The summed E-state index contributed by atoms with van der Waals surface area (Å²) in [5.74, 6) is -4.47. The number of carbonyl (C=O) groups is 2. The van der Waals surface area contributed by atoms with Crippen LogP contribution in [0.25, 0.3) is 0 Å². The zero-order chi connectivity index (χ0) is 22.8. The summed E-state index contributed by atoms with van der Waals surface area (Å²) in [6.07, 6.45) is 1.21. The maximum absolute atomic E-state index is 13.9. The topological polar surface area (TPSA) is 87.2 Å². The zero-order valence-electron chi connectivity index (χ0n) is 16.2. The first-order chi connectivity index (χ1) is 15.3. The highest BCUT2D eigenvalue weighted by molar-refractivity contribution is 7.13. The molecule has 3 aromatic rings. The van der Waals surface area contributed by atoms with Gasteiger partial charge in [0.25, 0.3) is 5.91 Å². The molecule has 1 aliphatic rings. The quantitative estimate of drug-likeness (QED) is 0.546. The van der Waals surface area contributed by atoms with Gasteiger partial charge in [0.05, 0.1) is 11.7 Å². The number of nitrogens with one attached hydrogen (secondary N) is 2. The van der Waals surface area contributed by atoms with Gasteiger partial charge >= 0.3 is 6.03 Å². The highest BCUT2D eigenvalue weighted by Gasteiger charge is 2.33. The van der Waals surface area contributed by atoms with Crippen molar-refractivity contribution in [2.45, 2.75) is 18.9 Å². The molecule has 12 heteroatoms. The van der Waals surface area contributed by atoms with Crippen LogP contribution in [0.3, 0.4) is 0 Å². The van der Waals surface area contributed by atoms with E-state index in [0.29, 0.717) is 30.5 Å². The smallest absolute Gasteiger partial charge is 0.320 e. The third kappa shape index (κ3) is 4.54. The number of carbonyl (C=O) groups excluding carboxylic acids is 2. The summed E-state index contributed by atoms with van der Waals surface area (Å²) in [4.78, 5) is 26.4. The van der Waals surface area contributed by atoms with E-state index in [0.717, 1.165) is 35.6 Å². The average Bonchev–Trinajstić information content (AvgIpc) is 3.42. The normalized spacial score (nSPS) is 15.6. The average molecular weight is 465 g/mol. The summed E-state index contributed by atoms with van der Waals surface area (Å²) >= 11 is 0.950. The van der Waals surface area contributed by atoms with Gasteiger partial charge in [-0.25, -0.2) is 22.4 Å². The minimum atomic E-state index is -1.11. The van der Waals surface area contributed by atoms with Crippen LogP contribution >= 0.6 is 11.3 Å². The van der Waals surface area contributed by atoms with Gasteiger partial charge < -0.3 is 15.5 Å². The van der Waals surface area contributed by atoms with Crippen LogP contribution < -0.4 is 10.6 Å². The van der Waals surface area contributed by atoms with Gasteiger partial charge in [-0.05, 0) is 37.1 Å². The predicted molar refractivity (Wildman–Crippen MR) is 108 cm³/mol. The second-order valence-electron chi connectivity index (χ2n) is 6.93. The van der Waals surface area contributed by atoms with Gasteiger partial charge in [-0.1, -0.05) is 11.3 Å². The Bertz CT molecular complexity index is 1190. The summed E-state index contributed by atoms with van der Waals surface area (Å²) < 4.78 is 53.3. The fraction of sp³-hybridized carbons (Fsp3) is 0.200. The third-order valence-corrected chi connectivity index (χ3v) is 5.81. The van der Waals surface area contributed by atoms with Crippen molar-refractivity contribution in [2.75, 3.05) is 17.2 Å². The van der Waals surface area contributed by atoms with E-state index in [1.807, 2.05) is 0 Å². The first-order valence-corrected chi connectivity index (χ1v) is 10.3. The molecule has 1 fully saturated rings. The molecule has 1 atom stereocenters. The molecule has 2 heterocycles. The lowest BCUT2D eigenvalue weighted by atomic mass is 10.2. The summed E-state index contributed by atoms with van der Waals surface area (Å²) in [6.45, 7) is 0.370. The Balaban J connectivity index is 1.45. The molecule has 4 rings (SSSR count). The van der Waals surface area contributed by atoms with Crippen LogP contribution in [0.5, 0.6) is 0 Å². The van der Waals surface area contributed by atoms with E-state index in [4.69, 9.17) is 0 Å². The number of benzene rings is 2. The Labute approximate surface area is 183 Å². The molecule has 2 aromatic carbocycles. The first kappa shape index (κ1) is 21.7. The maximum Gasteiger partial charge on any atom is 0.322 e. The number of rotatable bonds is 4. The van der Waals surface area contributed by atoms with Gasteiger partial charge in [-0.15, -0.1) is 10.2 Å². The molecule has 7 nitrogen and oxygen atoms in total. The number of urea groups is 1. The molecule has 1 aliphatic heterocycles. The largest absolute Gasteiger partial charge is 0.322 e. The molecule has 166 valence electrons. The van der Waals surface area contributed by atoms with Crippen molar-refractivity contribution < 1.29 is 27.2 Å². The Kier molecular flexibility index (Phi) is 6.04. The lowest BCUT2D eigenvalue weighted by molar-refractivity contribution is 0.102. The minimum absolute atomic E-state index is 0.0263. The van der Waals surface area contributed by atoms with Crippen molar-refractivity contribution in [3.63, 3.8) is 0 Å². The molecule has 1 saturated heterocycles. The fourth-order valence-corrected chi connectivity index (χ4v) is 4.15. The molecule has 0 bridgehead atoms. The Morgan fingerprint density at radius 2 is 1.78 bits per heavy atom. The van der Waals surface area contributed by atoms with Crippen molar-refractivity contribution in [2.24, 2.45) is 0 Å². The molecule has 0 unspecified atom stereocenters. The van der Waals surface area contributed by atoms with Crippen LogP contribution in [0.1, 0.15) is 33.7 Å². The molecule has 3 amide bonds. The number of hydrogen-bond donors (Lipinski definition) is 2. The van der Waals surface area contributed by atoms with Crippen molar-refractivity contribution in [1.29, 1.82) is 0 Å². The number of hydrogen-bond acceptors (Lipinski definition) is 5. The summed E-state index contributed by atoms with van der Waals surface area (Å²) in [5, 5.41) is 13.0. The Morgan fingerprint density at radius 1 is 0.969 bits per heavy atom. The highest BCUT2D eigenvalue weighted by Crippen LogP contribution is 2.34. The van der Waals surface area contributed by atoms with Gasteiger partial charge in [-0.3, -0.25) is 4.79 Å².